The summed E-state index contributed by atoms with van der Waals surface area (Å²) >= 11 is 0. The third-order valence-electron chi connectivity index (χ3n) is 2.33. The van der Waals surface area contributed by atoms with E-state index < -0.39 is 18.0 Å². The SMILES string of the molecule is CCN(CC)CCNC(=O)NC(C)C(=O)O. The second-order valence-corrected chi connectivity index (χ2v) is 3.49. The highest BCUT2D eigenvalue weighted by atomic mass is 16.4. The van der Waals surface area contributed by atoms with Crippen molar-refractivity contribution in [3.63, 3.8) is 0 Å². The average molecular weight is 231 g/mol. The molecule has 2 amide bonds. The first-order valence-electron chi connectivity index (χ1n) is 5.50. The molecule has 0 aliphatic rings. The summed E-state index contributed by atoms with van der Waals surface area (Å²) in [5.74, 6) is -1.04. The molecule has 0 fully saturated rings. The Hall–Kier alpha value is -1.30. The number of urea groups is 1. The third kappa shape index (κ3) is 6.23. The van der Waals surface area contributed by atoms with E-state index in [9.17, 15) is 9.59 Å². The Kier molecular flexibility index (Phi) is 7.28. The van der Waals surface area contributed by atoms with Crippen LogP contribution in [0.3, 0.4) is 0 Å². The van der Waals surface area contributed by atoms with E-state index in [2.05, 4.69) is 29.4 Å². The topological polar surface area (TPSA) is 81.7 Å². The van der Waals surface area contributed by atoms with Gasteiger partial charge in [-0.1, -0.05) is 13.8 Å². The van der Waals surface area contributed by atoms with Crippen molar-refractivity contribution in [1.82, 2.24) is 15.5 Å². The van der Waals surface area contributed by atoms with Crippen LogP contribution < -0.4 is 10.6 Å². The molecular formula is C10H21N3O3. The summed E-state index contributed by atoms with van der Waals surface area (Å²) in [6.07, 6.45) is 0. The van der Waals surface area contributed by atoms with E-state index in [1.54, 1.807) is 0 Å². The maximum Gasteiger partial charge on any atom is 0.325 e. The van der Waals surface area contributed by atoms with Gasteiger partial charge in [0, 0.05) is 13.1 Å². The predicted molar refractivity (Wildman–Crippen MR) is 61.4 cm³/mol. The van der Waals surface area contributed by atoms with Gasteiger partial charge in [-0.05, 0) is 20.0 Å². The number of carbonyl (C=O) groups excluding carboxylic acids is 1. The van der Waals surface area contributed by atoms with Crippen LogP contribution in [0.15, 0.2) is 0 Å². The van der Waals surface area contributed by atoms with Crippen molar-refractivity contribution < 1.29 is 14.7 Å². The number of carboxylic acids is 1. The fraction of sp³-hybridized carbons (Fsp3) is 0.800. The van der Waals surface area contributed by atoms with Gasteiger partial charge in [-0.3, -0.25) is 4.79 Å². The van der Waals surface area contributed by atoms with Crippen molar-refractivity contribution in [2.45, 2.75) is 26.8 Å². The number of nitrogens with zero attached hydrogens (tertiary/aromatic N) is 1. The first-order valence-corrected chi connectivity index (χ1v) is 5.50. The lowest BCUT2D eigenvalue weighted by Gasteiger charge is -2.18. The normalized spacial score (nSPS) is 12.2. The molecule has 0 aromatic heterocycles. The quantitative estimate of drug-likeness (QED) is 0.580. The van der Waals surface area contributed by atoms with E-state index in [4.69, 9.17) is 5.11 Å². The molecule has 3 N–H and O–H groups in total. The van der Waals surface area contributed by atoms with E-state index in [1.807, 2.05) is 0 Å². The minimum Gasteiger partial charge on any atom is -0.480 e. The molecule has 0 aromatic carbocycles. The molecule has 0 aromatic rings. The lowest BCUT2D eigenvalue weighted by Crippen LogP contribution is -2.46. The number of carboxylic acid groups (broad SMARTS) is 1. The summed E-state index contributed by atoms with van der Waals surface area (Å²) in [7, 11) is 0. The minimum absolute atomic E-state index is 0.443. The third-order valence-corrected chi connectivity index (χ3v) is 2.33. The molecule has 1 atom stereocenters. The van der Waals surface area contributed by atoms with Crippen molar-refractivity contribution in [1.29, 1.82) is 0 Å². The van der Waals surface area contributed by atoms with Gasteiger partial charge in [-0.25, -0.2) is 4.79 Å². The van der Waals surface area contributed by atoms with Crippen LogP contribution in [-0.2, 0) is 4.79 Å². The molecule has 0 radical (unpaired) electrons. The summed E-state index contributed by atoms with van der Waals surface area (Å²) in [5.41, 5.74) is 0. The van der Waals surface area contributed by atoms with Crippen LogP contribution >= 0.6 is 0 Å². The van der Waals surface area contributed by atoms with Crippen LogP contribution in [0.5, 0.6) is 0 Å². The number of aliphatic carboxylic acids is 1. The van der Waals surface area contributed by atoms with Crippen LogP contribution in [0, 0.1) is 0 Å². The second-order valence-electron chi connectivity index (χ2n) is 3.49. The van der Waals surface area contributed by atoms with Crippen LogP contribution in [-0.4, -0.2) is 54.2 Å². The largest absolute Gasteiger partial charge is 0.480 e. The zero-order valence-corrected chi connectivity index (χ0v) is 10.1. The minimum atomic E-state index is -1.04. The number of hydrogen-bond acceptors (Lipinski definition) is 3. The highest BCUT2D eigenvalue weighted by Crippen LogP contribution is 1.85. The molecule has 6 nitrogen and oxygen atoms in total. The number of likely N-dealkylation sites (N-methyl/N-ethyl adjacent to an activating group) is 1. The van der Waals surface area contributed by atoms with Gasteiger partial charge in [0.15, 0.2) is 0 Å². The standard InChI is InChI=1S/C10H21N3O3/c1-4-13(5-2)7-6-11-10(16)12-8(3)9(14)15/h8H,4-7H2,1-3H3,(H,14,15)(H2,11,12,16). The molecule has 0 heterocycles. The summed E-state index contributed by atoms with van der Waals surface area (Å²) in [6.45, 7) is 8.68. The first kappa shape index (κ1) is 14.7. The van der Waals surface area contributed by atoms with Crippen LogP contribution in [0.1, 0.15) is 20.8 Å². The molecule has 0 saturated carbocycles. The van der Waals surface area contributed by atoms with Gasteiger partial charge in [0.25, 0.3) is 0 Å². The van der Waals surface area contributed by atoms with E-state index >= 15 is 0 Å². The number of rotatable bonds is 7. The molecule has 0 spiro atoms. The Morgan fingerprint density at radius 2 is 1.88 bits per heavy atom. The average Bonchev–Trinajstić information content (AvgIpc) is 2.24. The maximum atomic E-state index is 11.2. The van der Waals surface area contributed by atoms with E-state index in [1.165, 1.54) is 6.92 Å². The molecule has 94 valence electrons. The maximum absolute atomic E-state index is 11.2. The van der Waals surface area contributed by atoms with Crippen LogP contribution in [0.2, 0.25) is 0 Å². The van der Waals surface area contributed by atoms with Gasteiger partial charge in [0.05, 0.1) is 0 Å². The second kappa shape index (κ2) is 7.92. The Labute approximate surface area is 96.0 Å². The predicted octanol–water partition coefficient (Wildman–Crippen LogP) is 0.101. The molecule has 0 saturated heterocycles. The first-order chi connectivity index (χ1) is 7.51. The molecule has 16 heavy (non-hydrogen) atoms. The van der Waals surface area contributed by atoms with E-state index in [0.29, 0.717) is 6.54 Å². The molecule has 6 heteroatoms. The lowest BCUT2D eigenvalue weighted by molar-refractivity contribution is -0.138. The monoisotopic (exact) mass is 231 g/mol. The van der Waals surface area contributed by atoms with Crippen molar-refractivity contribution in [3.8, 4) is 0 Å². The van der Waals surface area contributed by atoms with Gasteiger partial charge < -0.3 is 20.6 Å². The molecule has 0 aliphatic carbocycles. The molecule has 0 aliphatic heterocycles. The van der Waals surface area contributed by atoms with E-state index in [0.717, 1.165) is 19.6 Å². The fourth-order valence-corrected chi connectivity index (χ4v) is 1.18. The number of amides is 2. The zero-order valence-electron chi connectivity index (χ0n) is 10.1. The van der Waals surface area contributed by atoms with Gasteiger partial charge in [-0.15, -0.1) is 0 Å². The van der Waals surface area contributed by atoms with Gasteiger partial charge in [-0.2, -0.15) is 0 Å². The summed E-state index contributed by atoms with van der Waals surface area (Å²) in [6, 6.07) is -1.31. The fourth-order valence-electron chi connectivity index (χ4n) is 1.18. The Balaban J connectivity index is 3.69. The Morgan fingerprint density at radius 1 is 1.31 bits per heavy atom. The number of nitrogens with one attached hydrogen (secondary N) is 2. The molecule has 0 rings (SSSR count). The van der Waals surface area contributed by atoms with Gasteiger partial charge >= 0.3 is 12.0 Å². The Bertz CT molecular complexity index is 229. The smallest absolute Gasteiger partial charge is 0.325 e. The van der Waals surface area contributed by atoms with Crippen molar-refractivity contribution in [3.05, 3.63) is 0 Å². The van der Waals surface area contributed by atoms with Crippen molar-refractivity contribution in [2.75, 3.05) is 26.2 Å². The Morgan fingerprint density at radius 3 is 2.31 bits per heavy atom. The number of carbonyl (C=O) groups is 2. The van der Waals surface area contributed by atoms with Crippen LogP contribution in [0.4, 0.5) is 4.79 Å². The molecule has 0 bridgehead atoms. The summed E-state index contributed by atoms with van der Waals surface area (Å²) in [4.78, 5) is 23.8. The highest BCUT2D eigenvalue weighted by molar-refractivity contribution is 5.82. The summed E-state index contributed by atoms with van der Waals surface area (Å²) in [5, 5.41) is 13.5. The lowest BCUT2D eigenvalue weighted by atomic mass is 10.3. The van der Waals surface area contributed by atoms with Crippen LogP contribution in [0.25, 0.3) is 0 Å². The van der Waals surface area contributed by atoms with Gasteiger partial charge in [0.1, 0.15) is 6.04 Å². The molecule has 1 unspecified atom stereocenters. The number of hydrogen-bond donors (Lipinski definition) is 3. The zero-order chi connectivity index (χ0) is 12.6. The summed E-state index contributed by atoms with van der Waals surface area (Å²) < 4.78 is 0. The van der Waals surface area contributed by atoms with Crippen molar-refractivity contribution in [2.24, 2.45) is 0 Å². The highest BCUT2D eigenvalue weighted by Gasteiger charge is 2.13. The molecular weight excluding hydrogens is 210 g/mol. The van der Waals surface area contributed by atoms with Gasteiger partial charge in [0.2, 0.25) is 0 Å². The van der Waals surface area contributed by atoms with E-state index in [-0.39, 0.29) is 0 Å². The van der Waals surface area contributed by atoms with Crippen molar-refractivity contribution >= 4 is 12.0 Å².